The molecule has 3 N–H and O–H groups in total. The molecule has 0 aliphatic carbocycles. The molecule has 2 heterocycles. The summed E-state index contributed by atoms with van der Waals surface area (Å²) in [5, 5.41) is 21.9. The molecule has 1 aromatic heterocycles. The van der Waals surface area contributed by atoms with Gasteiger partial charge in [-0.05, 0) is 36.1 Å². The van der Waals surface area contributed by atoms with Crippen LogP contribution in [-0.4, -0.2) is 38.9 Å². The van der Waals surface area contributed by atoms with E-state index < -0.39 is 12.3 Å². The molecule has 0 bridgehead atoms. The number of aliphatic carboxylic acids is 1. The van der Waals surface area contributed by atoms with E-state index in [1.165, 1.54) is 11.8 Å². The highest BCUT2D eigenvalue weighted by molar-refractivity contribution is 7.99. The maximum absolute atomic E-state index is 12.7. The van der Waals surface area contributed by atoms with Gasteiger partial charge in [-0.25, -0.2) is 4.98 Å². The average molecular weight is 707 g/mol. The Hall–Kier alpha value is -4.74. The van der Waals surface area contributed by atoms with Crippen LogP contribution in [0.25, 0.3) is 22.6 Å². The summed E-state index contributed by atoms with van der Waals surface area (Å²) in [6, 6.07) is 35.3. The topological polar surface area (TPSA) is 131 Å². The fraction of sp³-hybridized carbons (Fsp3) is 0.293. The van der Waals surface area contributed by atoms with Crippen molar-refractivity contribution >= 4 is 29.3 Å². The minimum absolute atomic E-state index is 0.0356. The number of amides is 1. The van der Waals surface area contributed by atoms with E-state index in [1.54, 1.807) is 0 Å². The largest absolute Gasteiger partial charge is 0.481 e. The smallest absolute Gasteiger partial charge is 0.303 e. The predicted molar refractivity (Wildman–Crippen MR) is 197 cm³/mol. The number of nitrogens with zero attached hydrogens (tertiary/aromatic N) is 1. The summed E-state index contributed by atoms with van der Waals surface area (Å²) in [5.74, 6) is 0.396. The third-order valence-electron chi connectivity index (χ3n) is 8.69. The number of hydrogen-bond donors (Lipinski definition) is 3. The van der Waals surface area contributed by atoms with Crippen LogP contribution in [0, 0.1) is 0 Å². The zero-order valence-electron chi connectivity index (χ0n) is 28.3. The van der Waals surface area contributed by atoms with E-state index >= 15 is 0 Å². The van der Waals surface area contributed by atoms with Crippen molar-refractivity contribution in [2.75, 3.05) is 11.1 Å². The zero-order chi connectivity index (χ0) is 35.4. The van der Waals surface area contributed by atoms with E-state index in [1.807, 2.05) is 109 Å². The summed E-state index contributed by atoms with van der Waals surface area (Å²) in [5.41, 5.74) is 5.95. The van der Waals surface area contributed by atoms with Gasteiger partial charge in [-0.15, -0.1) is 0 Å². The molecule has 0 saturated carbocycles. The van der Waals surface area contributed by atoms with Crippen molar-refractivity contribution in [3.05, 3.63) is 126 Å². The van der Waals surface area contributed by atoms with Crippen molar-refractivity contribution in [2.45, 2.75) is 75.3 Å². The van der Waals surface area contributed by atoms with Crippen molar-refractivity contribution in [2.24, 2.45) is 0 Å². The highest BCUT2D eigenvalue weighted by Crippen LogP contribution is 2.41. The molecule has 264 valence electrons. The third kappa shape index (κ3) is 10.2. The third-order valence-corrected chi connectivity index (χ3v) is 9.65. The molecule has 0 spiro atoms. The summed E-state index contributed by atoms with van der Waals surface area (Å²) < 4.78 is 19.5. The molecule has 10 heteroatoms. The fourth-order valence-electron chi connectivity index (χ4n) is 6.03. The molecule has 9 nitrogen and oxygen atoms in total. The van der Waals surface area contributed by atoms with Crippen LogP contribution in [0.2, 0.25) is 0 Å². The number of aliphatic hydroxyl groups is 1. The number of hydrogen-bond acceptors (Lipinski definition) is 8. The van der Waals surface area contributed by atoms with E-state index in [0.717, 1.165) is 46.4 Å². The number of oxazole rings is 1. The van der Waals surface area contributed by atoms with Crippen LogP contribution >= 0.6 is 11.8 Å². The van der Waals surface area contributed by atoms with E-state index in [0.29, 0.717) is 48.1 Å². The fourth-order valence-corrected chi connectivity index (χ4v) is 6.87. The van der Waals surface area contributed by atoms with Crippen LogP contribution in [0.5, 0.6) is 0 Å². The number of rotatable bonds is 16. The van der Waals surface area contributed by atoms with Gasteiger partial charge in [0.05, 0.1) is 18.8 Å². The maximum Gasteiger partial charge on any atom is 0.303 e. The van der Waals surface area contributed by atoms with Gasteiger partial charge in [-0.3, -0.25) is 9.59 Å². The highest BCUT2D eigenvalue weighted by Gasteiger charge is 2.33. The summed E-state index contributed by atoms with van der Waals surface area (Å²) >= 11 is 1.50. The molecule has 1 aliphatic heterocycles. The number of carboxylic acid groups (broad SMARTS) is 1. The Morgan fingerprint density at radius 3 is 2.20 bits per heavy atom. The number of thioether (sulfide) groups is 1. The Bertz CT molecular complexity index is 1810. The number of anilines is 1. The highest BCUT2D eigenvalue weighted by atomic mass is 32.2. The number of carbonyl (C=O) groups excluding carboxylic acids is 1. The number of carbonyl (C=O) groups is 2. The van der Waals surface area contributed by atoms with E-state index in [9.17, 15) is 14.7 Å². The van der Waals surface area contributed by atoms with Crippen molar-refractivity contribution in [3.63, 3.8) is 0 Å². The lowest BCUT2D eigenvalue weighted by molar-refractivity contribution is -0.245. The molecule has 1 saturated heterocycles. The molecule has 1 fully saturated rings. The number of nitrogens with one attached hydrogen (secondary N) is 1. The van der Waals surface area contributed by atoms with Crippen molar-refractivity contribution in [1.82, 2.24) is 4.98 Å². The maximum atomic E-state index is 12.7. The van der Waals surface area contributed by atoms with Crippen LogP contribution in [0.1, 0.15) is 74.0 Å². The van der Waals surface area contributed by atoms with Crippen molar-refractivity contribution in [3.8, 4) is 22.6 Å². The molecule has 51 heavy (non-hydrogen) atoms. The van der Waals surface area contributed by atoms with Crippen molar-refractivity contribution < 1.29 is 33.7 Å². The molecule has 5 aromatic rings. The summed E-state index contributed by atoms with van der Waals surface area (Å²) in [7, 11) is 0. The van der Waals surface area contributed by atoms with Crippen LogP contribution in [0.3, 0.4) is 0 Å². The lowest BCUT2D eigenvalue weighted by Gasteiger charge is -2.36. The first-order valence-corrected chi connectivity index (χ1v) is 18.3. The number of ether oxygens (including phenoxy) is 2. The van der Waals surface area contributed by atoms with E-state index in [4.69, 9.17) is 24.0 Å². The van der Waals surface area contributed by atoms with Gasteiger partial charge < -0.3 is 29.4 Å². The van der Waals surface area contributed by atoms with Gasteiger partial charge in [0.2, 0.25) is 5.91 Å². The minimum Gasteiger partial charge on any atom is -0.481 e. The second-order valence-corrected chi connectivity index (χ2v) is 13.5. The average Bonchev–Trinajstić information content (AvgIpc) is 3.60. The second-order valence-electron chi connectivity index (χ2n) is 12.5. The van der Waals surface area contributed by atoms with Gasteiger partial charge in [0.25, 0.3) is 5.22 Å². The number of aliphatic hydroxyl groups excluding tert-OH is 1. The van der Waals surface area contributed by atoms with E-state index in [2.05, 4.69) is 5.32 Å². The molecule has 1 aliphatic rings. The van der Waals surface area contributed by atoms with Gasteiger partial charge >= 0.3 is 5.97 Å². The summed E-state index contributed by atoms with van der Waals surface area (Å²) in [6.45, 7) is -0.0356. The molecule has 3 atom stereocenters. The zero-order valence-corrected chi connectivity index (χ0v) is 29.1. The molecule has 6 rings (SSSR count). The number of aromatic nitrogens is 1. The Morgan fingerprint density at radius 2 is 1.49 bits per heavy atom. The lowest BCUT2D eigenvalue weighted by Crippen LogP contribution is -2.31. The molecule has 1 amide bonds. The summed E-state index contributed by atoms with van der Waals surface area (Å²) in [4.78, 5) is 28.3. The quantitative estimate of drug-likeness (QED) is 0.0679. The van der Waals surface area contributed by atoms with Crippen LogP contribution in [0.15, 0.2) is 119 Å². The van der Waals surface area contributed by atoms with Crippen molar-refractivity contribution in [1.29, 1.82) is 0 Å². The second kappa shape index (κ2) is 18.0. The molecule has 0 unspecified atom stereocenters. The van der Waals surface area contributed by atoms with Gasteiger partial charge in [0, 0.05) is 47.4 Å². The first kappa shape index (κ1) is 36.1. The Balaban J connectivity index is 1.16. The first-order chi connectivity index (χ1) is 24.9. The normalized spacial score (nSPS) is 17.2. The Kier molecular flexibility index (Phi) is 12.7. The van der Waals surface area contributed by atoms with Gasteiger partial charge in [0.15, 0.2) is 12.1 Å². The Labute approximate surface area is 302 Å². The van der Waals surface area contributed by atoms with Crippen LogP contribution in [0.4, 0.5) is 5.69 Å². The SMILES string of the molecule is O=C(O)CCCCCCC(=O)Nc1cccc([C@H]2O[C@@H](CSc3nc(-c4ccccc4)c(-c4ccccc4)o3)C[C@@H](c3ccc(CO)cc3)O2)c1. The molecule has 0 radical (unpaired) electrons. The number of benzene rings is 4. The van der Waals surface area contributed by atoms with Crippen LogP contribution < -0.4 is 5.32 Å². The standard InChI is InChI=1S/C41H42N2O7S/c44-26-28-20-22-29(23-21-28)35-25-34(27-51-41-43-38(30-12-5-3-6-13-30)39(50-41)31-14-7-4-8-15-31)48-40(49-35)32-16-11-17-33(24-32)42-36(45)18-9-1-2-10-19-37(46)47/h3-8,11-17,20-24,34-35,40,44H,1-2,9-10,18-19,25-27H2,(H,42,45)(H,46,47)/t34-,35+,40+/m1/s1. The monoisotopic (exact) mass is 706 g/mol. The molecule has 4 aromatic carbocycles. The predicted octanol–water partition coefficient (Wildman–Crippen LogP) is 9.20. The molecular weight excluding hydrogens is 665 g/mol. The minimum atomic E-state index is -0.793. The number of unbranched alkanes of at least 4 members (excludes halogenated alkanes) is 3. The Morgan fingerprint density at radius 1 is 0.784 bits per heavy atom. The van der Waals surface area contributed by atoms with Gasteiger partial charge in [-0.1, -0.05) is 122 Å². The lowest BCUT2D eigenvalue weighted by atomic mass is 10.0. The first-order valence-electron chi connectivity index (χ1n) is 17.3. The van der Waals surface area contributed by atoms with Gasteiger partial charge in [-0.2, -0.15) is 0 Å². The number of carboxylic acids is 1. The summed E-state index contributed by atoms with van der Waals surface area (Å²) in [6.07, 6.45) is 2.83. The molecular formula is C41H42N2O7S. The van der Waals surface area contributed by atoms with Crippen LogP contribution in [-0.2, 0) is 25.7 Å². The van der Waals surface area contributed by atoms with E-state index in [-0.39, 0.29) is 31.1 Å². The van der Waals surface area contributed by atoms with Gasteiger partial charge in [0.1, 0.15) is 5.69 Å².